The smallest absolute Gasteiger partial charge is 0.307 e. The molecule has 88 valence electrons. The van der Waals surface area contributed by atoms with Crippen LogP contribution in [0.15, 0.2) is 6.20 Å². The summed E-state index contributed by atoms with van der Waals surface area (Å²) in [6.07, 6.45) is -3.08. The highest BCUT2D eigenvalue weighted by Gasteiger charge is 2.21. The number of alkyl halides is 2. The quantitative estimate of drug-likeness (QED) is 0.821. The molecule has 0 aromatic carbocycles. The van der Waals surface area contributed by atoms with Crippen LogP contribution in [0.2, 0.25) is 0 Å². The van der Waals surface area contributed by atoms with Crippen molar-refractivity contribution in [3.8, 4) is 0 Å². The second kappa shape index (κ2) is 4.93. The lowest BCUT2D eigenvalue weighted by Crippen LogP contribution is -2.13. The minimum absolute atomic E-state index is 0.0238. The average molecular weight is 234 g/mol. The summed E-state index contributed by atoms with van der Waals surface area (Å²) < 4.78 is 38.1. The van der Waals surface area contributed by atoms with Crippen molar-refractivity contribution in [2.24, 2.45) is 5.73 Å². The van der Waals surface area contributed by atoms with Crippen molar-refractivity contribution in [2.45, 2.75) is 19.4 Å². The van der Waals surface area contributed by atoms with E-state index in [0.717, 1.165) is 0 Å². The zero-order chi connectivity index (χ0) is 12.3. The fourth-order valence-corrected chi connectivity index (χ4v) is 1.24. The summed E-state index contributed by atoms with van der Waals surface area (Å²) in [5.41, 5.74) is 3.90. The number of carbonyl (C=O) groups is 1. The van der Waals surface area contributed by atoms with Gasteiger partial charge in [0, 0.05) is 18.3 Å². The number of nitrogens with two attached hydrogens (primary N) is 1. The van der Waals surface area contributed by atoms with E-state index in [1.165, 1.54) is 0 Å². The van der Waals surface area contributed by atoms with Crippen LogP contribution in [0.1, 0.15) is 23.2 Å². The third-order valence-electron chi connectivity index (χ3n) is 1.98. The van der Waals surface area contributed by atoms with Crippen molar-refractivity contribution in [1.29, 1.82) is 0 Å². The number of pyridine rings is 1. The van der Waals surface area contributed by atoms with E-state index in [-0.39, 0.29) is 17.8 Å². The topological polar surface area (TPSA) is 76.2 Å². The van der Waals surface area contributed by atoms with Crippen LogP contribution in [-0.4, -0.2) is 16.1 Å². The fourth-order valence-electron chi connectivity index (χ4n) is 1.24. The number of nitrogens with zero attached hydrogens (tertiary/aromatic N) is 1. The van der Waals surface area contributed by atoms with Crippen molar-refractivity contribution >= 4 is 5.97 Å². The molecule has 16 heavy (non-hydrogen) atoms. The van der Waals surface area contributed by atoms with Crippen molar-refractivity contribution in [3.63, 3.8) is 0 Å². The molecule has 0 fully saturated rings. The minimum Gasteiger partial charge on any atom is -0.481 e. The van der Waals surface area contributed by atoms with Gasteiger partial charge < -0.3 is 10.8 Å². The minimum atomic E-state index is -3.04. The van der Waals surface area contributed by atoms with Crippen molar-refractivity contribution in [2.75, 3.05) is 0 Å². The van der Waals surface area contributed by atoms with Crippen LogP contribution in [0.4, 0.5) is 13.2 Å². The SMILES string of the molecule is NCc1ncc(C(F)F)c(F)c1CC(=O)O. The molecule has 0 radical (unpaired) electrons. The Kier molecular flexibility index (Phi) is 3.83. The monoisotopic (exact) mass is 234 g/mol. The summed E-state index contributed by atoms with van der Waals surface area (Å²) >= 11 is 0. The molecule has 0 spiro atoms. The first-order valence-corrected chi connectivity index (χ1v) is 4.33. The molecule has 0 saturated carbocycles. The van der Waals surface area contributed by atoms with Gasteiger partial charge in [0.2, 0.25) is 0 Å². The Balaban J connectivity index is 3.28. The lowest BCUT2D eigenvalue weighted by atomic mass is 10.1. The molecule has 0 saturated heterocycles. The van der Waals surface area contributed by atoms with E-state index in [1.54, 1.807) is 0 Å². The van der Waals surface area contributed by atoms with Gasteiger partial charge in [-0.15, -0.1) is 0 Å². The van der Waals surface area contributed by atoms with Crippen LogP contribution < -0.4 is 5.73 Å². The van der Waals surface area contributed by atoms with Crippen LogP contribution in [-0.2, 0) is 17.8 Å². The third kappa shape index (κ3) is 2.48. The number of hydrogen-bond donors (Lipinski definition) is 2. The van der Waals surface area contributed by atoms with Gasteiger partial charge in [0.15, 0.2) is 0 Å². The molecule has 7 heteroatoms. The molecule has 3 N–H and O–H groups in total. The molecule has 1 aromatic heterocycles. The largest absolute Gasteiger partial charge is 0.481 e. The summed E-state index contributed by atoms with van der Waals surface area (Å²) in [6.45, 7) is -0.205. The number of rotatable bonds is 4. The zero-order valence-corrected chi connectivity index (χ0v) is 8.08. The van der Waals surface area contributed by atoms with E-state index in [0.29, 0.717) is 6.20 Å². The Hall–Kier alpha value is -1.63. The molecule has 1 aromatic rings. The average Bonchev–Trinajstić information content (AvgIpc) is 2.19. The van der Waals surface area contributed by atoms with Crippen LogP contribution in [0.3, 0.4) is 0 Å². The summed E-state index contributed by atoms with van der Waals surface area (Å²) in [7, 11) is 0. The van der Waals surface area contributed by atoms with E-state index < -0.39 is 30.2 Å². The van der Waals surface area contributed by atoms with E-state index in [1.807, 2.05) is 0 Å². The van der Waals surface area contributed by atoms with Gasteiger partial charge in [-0.25, -0.2) is 13.2 Å². The maximum absolute atomic E-state index is 13.5. The lowest BCUT2D eigenvalue weighted by Gasteiger charge is -2.09. The maximum atomic E-state index is 13.5. The van der Waals surface area contributed by atoms with Crippen LogP contribution in [0.5, 0.6) is 0 Å². The Morgan fingerprint density at radius 2 is 2.19 bits per heavy atom. The summed E-state index contributed by atoms with van der Waals surface area (Å²) in [5.74, 6) is -2.57. The predicted octanol–water partition coefficient (Wildman–Crippen LogP) is 1.24. The van der Waals surface area contributed by atoms with Crippen LogP contribution in [0.25, 0.3) is 0 Å². The molecule has 1 rings (SSSR count). The number of aliphatic carboxylic acids is 1. The highest BCUT2D eigenvalue weighted by Crippen LogP contribution is 2.25. The molecular weight excluding hydrogens is 225 g/mol. The molecule has 0 bridgehead atoms. The first-order valence-electron chi connectivity index (χ1n) is 4.33. The van der Waals surface area contributed by atoms with E-state index in [4.69, 9.17) is 10.8 Å². The maximum Gasteiger partial charge on any atom is 0.307 e. The van der Waals surface area contributed by atoms with E-state index in [2.05, 4.69) is 4.98 Å². The van der Waals surface area contributed by atoms with Crippen molar-refractivity contribution in [1.82, 2.24) is 4.98 Å². The summed E-state index contributed by atoms with van der Waals surface area (Å²) in [6, 6.07) is 0. The van der Waals surface area contributed by atoms with Crippen LogP contribution in [0, 0.1) is 5.82 Å². The Morgan fingerprint density at radius 1 is 1.56 bits per heavy atom. The fraction of sp³-hybridized carbons (Fsp3) is 0.333. The highest BCUT2D eigenvalue weighted by atomic mass is 19.3. The van der Waals surface area contributed by atoms with Gasteiger partial charge in [0.25, 0.3) is 6.43 Å². The van der Waals surface area contributed by atoms with E-state index >= 15 is 0 Å². The molecular formula is C9H9F3N2O2. The molecule has 0 unspecified atom stereocenters. The van der Waals surface area contributed by atoms with Gasteiger partial charge >= 0.3 is 5.97 Å². The number of hydrogen-bond acceptors (Lipinski definition) is 3. The molecule has 4 nitrogen and oxygen atoms in total. The summed E-state index contributed by atoms with van der Waals surface area (Å²) in [4.78, 5) is 14.0. The Bertz CT molecular complexity index is 410. The van der Waals surface area contributed by atoms with Gasteiger partial charge in [-0.2, -0.15) is 0 Å². The van der Waals surface area contributed by atoms with Crippen molar-refractivity contribution < 1.29 is 23.1 Å². The Morgan fingerprint density at radius 3 is 2.62 bits per heavy atom. The molecule has 0 aliphatic rings. The number of aromatic nitrogens is 1. The standard InChI is InChI=1S/C9H9F3N2O2/c10-8-4(1-7(15)16)6(2-13)14-3-5(8)9(11)12/h3,9H,1-2,13H2,(H,15,16). The first kappa shape index (κ1) is 12.4. The van der Waals surface area contributed by atoms with Gasteiger partial charge in [-0.05, 0) is 0 Å². The second-order valence-electron chi connectivity index (χ2n) is 3.03. The molecule has 0 aliphatic heterocycles. The van der Waals surface area contributed by atoms with Gasteiger partial charge in [0.1, 0.15) is 5.82 Å². The highest BCUT2D eigenvalue weighted by molar-refractivity contribution is 5.70. The summed E-state index contributed by atoms with van der Waals surface area (Å²) in [5, 5.41) is 8.52. The normalized spacial score (nSPS) is 10.8. The molecule has 0 atom stereocenters. The van der Waals surface area contributed by atoms with Crippen molar-refractivity contribution in [3.05, 3.63) is 28.8 Å². The zero-order valence-electron chi connectivity index (χ0n) is 8.08. The number of carboxylic acid groups (broad SMARTS) is 1. The van der Waals surface area contributed by atoms with E-state index in [9.17, 15) is 18.0 Å². The lowest BCUT2D eigenvalue weighted by molar-refractivity contribution is -0.136. The third-order valence-corrected chi connectivity index (χ3v) is 1.98. The molecule has 0 aliphatic carbocycles. The van der Waals surface area contributed by atoms with Gasteiger partial charge in [-0.1, -0.05) is 0 Å². The molecule has 1 heterocycles. The van der Waals surface area contributed by atoms with Gasteiger partial charge in [0.05, 0.1) is 17.7 Å². The van der Waals surface area contributed by atoms with Gasteiger partial charge in [-0.3, -0.25) is 9.78 Å². The van der Waals surface area contributed by atoms with Crippen LogP contribution >= 0.6 is 0 Å². The number of carboxylic acids is 1. The number of halogens is 3. The second-order valence-corrected chi connectivity index (χ2v) is 3.03. The Labute approximate surface area is 88.9 Å². The molecule has 0 amide bonds. The predicted molar refractivity (Wildman–Crippen MR) is 48.4 cm³/mol. The first-order chi connectivity index (χ1) is 7.47.